The molecule has 3 rings (SSSR count). The number of nitrogens with zero attached hydrogens (tertiary/aromatic N) is 1. The Morgan fingerprint density at radius 2 is 1.95 bits per heavy atom. The Labute approximate surface area is 132 Å². The predicted octanol–water partition coefficient (Wildman–Crippen LogP) is 5.87. The van der Waals surface area contributed by atoms with Gasteiger partial charge in [0.1, 0.15) is 0 Å². The first-order valence-corrected chi connectivity index (χ1v) is 8.11. The van der Waals surface area contributed by atoms with Gasteiger partial charge < -0.3 is 5.32 Å². The monoisotopic (exact) mass is 396 g/mol. The quantitative estimate of drug-likeness (QED) is 0.584. The maximum atomic E-state index is 4.61. The van der Waals surface area contributed by atoms with Crippen LogP contribution in [0.5, 0.6) is 0 Å². The number of benzene rings is 2. The van der Waals surface area contributed by atoms with Crippen LogP contribution in [0.25, 0.3) is 10.2 Å². The Kier molecular flexibility index (Phi) is 3.60. The van der Waals surface area contributed by atoms with E-state index in [-0.39, 0.29) is 0 Å². The Morgan fingerprint density at radius 1 is 1.11 bits per heavy atom. The molecule has 0 aliphatic carbocycles. The molecule has 0 unspecified atom stereocenters. The van der Waals surface area contributed by atoms with Crippen LogP contribution in [0, 0.1) is 6.92 Å². The molecule has 0 spiro atoms. The van der Waals surface area contributed by atoms with Crippen molar-refractivity contribution in [3.05, 3.63) is 50.9 Å². The van der Waals surface area contributed by atoms with Gasteiger partial charge in [-0.3, -0.25) is 0 Å². The third-order valence-corrected chi connectivity index (χ3v) is 4.85. The number of hydrogen-bond donors (Lipinski definition) is 1. The lowest BCUT2D eigenvalue weighted by Gasteiger charge is -2.05. The summed E-state index contributed by atoms with van der Waals surface area (Å²) in [5, 5.41) is 4.25. The summed E-state index contributed by atoms with van der Waals surface area (Å²) in [5.74, 6) is 0. The van der Waals surface area contributed by atoms with Gasteiger partial charge in [-0.15, -0.1) is 0 Å². The third-order valence-electron chi connectivity index (χ3n) is 2.71. The zero-order chi connectivity index (χ0) is 13.4. The molecule has 0 saturated heterocycles. The second-order valence-corrected chi connectivity index (χ2v) is 7.04. The number of aromatic nitrogens is 1. The van der Waals surface area contributed by atoms with Crippen molar-refractivity contribution >= 4 is 64.2 Å². The molecule has 2 aromatic carbocycles. The summed E-state index contributed by atoms with van der Waals surface area (Å²) in [6, 6.07) is 12.4. The topological polar surface area (TPSA) is 24.9 Å². The van der Waals surface area contributed by atoms with Crippen LogP contribution in [0.1, 0.15) is 5.56 Å². The maximum Gasteiger partial charge on any atom is 0.188 e. The van der Waals surface area contributed by atoms with Crippen molar-refractivity contribution in [2.75, 3.05) is 5.32 Å². The van der Waals surface area contributed by atoms with Crippen LogP contribution in [-0.2, 0) is 0 Å². The van der Waals surface area contributed by atoms with Crippen molar-refractivity contribution in [2.45, 2.75) is 6.92 Å². The number of halogens is 2. The second-order valence-electron chi connectivity index (χ2n) is 4.24. The molecule has 0 radical (unpaired) electrons. The van der Waals surface area contributed by atoms with E-state index < -0.39 is 0 Å². The molecule has 19 heavy (non-hydrogen) atoms. The first-order chi connectivity index (χ1) is 9.11. The summed E-state index contributed by atoms with van der Waals surface area (Å²) >= 11 is 8.67. The number of hydrogen-bond acceptors (Lipinski definition) is 3. The lowest BCUT2D eigenvalue weighted by atomic mass is 10.2. The lowest BCUT2D eigenvalue weighted by Crippen LogP contribution is -1.90. The van der Waals surface area contributed by atoms with Gasteiger partial charge in [0.15, 0.2) is 5.13 Å². The van der Waals surface area contributed by atoms with Crippen molar-refractivity contribution in [2.24, 2.45) is 0 Å². The first kappa shape index (κ1) is 13.1. The van der Waals surface area contributed by atoms with Gasteiger partial charge in [0.25, 0.3) is 0 Å². The first-order valence-electron chi connectivity index (χ1n) is 5.71. The van der Waals surface area contributed by atoms with E-state index in [9.17, 15) is 0 Å². The Morgan fingerprint density at radius 3 is 2.79 bits per heavy atom. The standard InChI is InChI=1S/C14H10Br2N2S/c1-8-2-5-13-12(6-8)18-14(19-13)17-11-7-9(15)3-4-10(11)16/h2-7H,1H3,(H,17,18). The molecule has 0 aliphatic heterocycles. The second kappa shape index (κ2) is 5.23. The Hall–Kier alpha value is -0.910. The highest BCUT2D eigenvalue weighted by molar-refractivity contribution is 9.11. The van der Waals surface area contributed by atoms with E-state index in [0.29, 0.717) is 0 Å². The minimum atomic E-state index is 0.902. The number of aryl methyl sites for hydroxylation is 1. The zero-order valence-corrected chi connectivity index (χ0v) is 14.1. The molecule has 0 atom stereocenters. The number of thiazole rings is 1. The van der Waals surface area contributed by atoms with Gasteiger partial charge in [-0.2, -0.15) is 0 Å². The normalized spacial score (nSPS) is 10.9. The van der Waals surface area contributed by atoms with Gasteiger partial charge in [-0.1, -0.05) is 33.3 Å². The fourth-order valence-corrected chi connectivity index (χ4v) is 3.36. The molecular formula is C14H10Br2N2S. The van der Waals surface area contributed by atoms with Gasteiger partial charge in [0.05, 0.1) is 15.9 Å². The number of rotatable bonds is 2. The minimum Gasteiger partial charge on any atom is -0.331 e. The molecular weight excluding hydrogens is 388 g/mol. The van der Waals surface area contributed by atoms with E-state index in [4.69, 9.17) is 0 Å². The fraction of sp³-hybridized carbons (Fsp3) is 0.0714. The molecule has 1 aromatic heterocycles. The van der Waals surface area contributed by atoms with Gasteiger partial charge in [-0.25, -0.2) is 4.98 Å². The highest BCUT2D eigenvalue weighted by Crippen LogP contribution is 2.33. The maximum absolute atomic E-state index is 4.61. The van der Waals surface area contributed by atoms with Gasteiger partial charge in [0.2, 0.25) is 0 Å². The minimum absolute atomic E-state index is 0.902. The molecule has 3 aromatic rings. The molecule has 5 heteroatoms. The summed E-state index contributed by atoms with van der Waals surface area (Å²) in [6.07, 6.45) is 0. The smallest absolute Gasteiger partial charge is 0.188 e. The highest BCUT2D eigenvalue weighted by Gasteiger charge is 2.06. The zero-order valence-electron chi connectivity index (χ0n) is 10.1. The number of anilines is 2. The van der Waals surface area contributed by atoms with Crippen LogP contribution in [0.2, 0.25) is 0 Å². The summed E-state index contributed by atoms with van der Waals surface area (Å²) in [4.78, 5) is 4.61. The Balaban J connectivity index is 1.98. The van der Waals surface area contributed by atoms with Gasteiger partial charge in [-0.05, 0) is 58.7 Å². The highest BCUT2D eigenvalue weighted by atomic mass is 79.9. The molecule has 96 valence electrons. The average molecular weight is 398 g/mol. The average Bonchev–Trinajstić information content (AvgIpc) is 2.75. The van der Waals surface area contributed by atoms with Crippen molar-refractivity contribution in [3.63, 3.8) is 0 Å². The van der Waals surface area contributed by atoms with E-state index in [1.807, 2.05) is 18.2 Å². The van der Waals surface area contributed by atoms with Crippen molar-refractivity contribution in [1.29, 1.82) is 0 Å². The van der Waals surface area contributed by atoms with E-state index in [1.165, 1.54) is 10.3 Å². The van der Waals surface area contributed by atoms with Crippen LogP contribution < -0.4 is 5.32 Å². The fourth-order valence-electron chi connectivity index (χ4n) is 1.80. The molecule has 0 fully saturated rings. The lowest BCUT2D eigenvalue weighted by molar-refractivity contribution is 1.41. The van der Waals surface area contributed by atoms with Gasteiger partial charge in [0, 0.05) is 8.95 Å². The van der Waals surface area contributed by atoms with E-state index in [2.05, 4.69) is 67.3 Å². The van der Waals surface area contributed by atoms with Crippen LogP contribution >= 0.6 is 43.2 Å². The van der Waals surface area contributed by atoms with Crippen molar-refractivity contribution < 1.29 is 0 Å². The molecule has 0 aliphatic rings. The van der Waals surface area contributed by atoms with Crippen LogP contribution in [0.15, 0.2) is 45.3 Å². The summed E-state index contributed by atoms with van der Waals surface area (Å²) in [5.41, 5.74) is 3.27. The largest absolute Gasteiger partial charge is 0.331 e. The van der Waals surface area contributed by atoms with E-state index in [0.717, 1.165) is 25.3 Å². The molecule has 2 nitrogen and oxygen atoms in total. The predicted molar refractivity (Wildman–Crippen MR) is 89.5 cm³/mol. The van der Waals surface area contributed by atoms with Crippen molar-refractivity contribution in [1.82, 2.24) is 4.98 Å². The summed E-state index contributed by atoms with van der Waals surface area (Å²) < 4.78 is 3.25. The summed E-state index contributed by atoms with van der Waals surface area (Å²) in [7, 11) is 0. The number of nitrogens with one attached hydrogen (secondary N) is 1. The SMILES string of the molecule is Cc1ccc2sc(Nc3cc(Br)ccc3Br)nc2c1. The van der Waals surface area contributed by atoms with Crippen LogP contribution in [0.3, 0.4) is 0 Å². The summed E-state index contributed by atoms with van der Waals surface area (Å²) in [6.45, 7) is 2.08. The molecule has 0 saturated carbocycles. The molecule has 1 N–H and O–H groups in total. The number of fused-ring (bicyclic) bond motifs is 1. The van der Waals surface area contributed by atoms with Crippen molar-refractivity contribution in [3.8, 4) is 0 Å². The van der Waals surface area contributed by atoms with Crippen LogP contribution in [0.4, 0.5) is 10.8 Å². The third kappa shape index (κ3) is 2.83. The molecule has 0 bridgehead atoms. The van der Waals surface area contributed by atoms with Gasteiger partial charge >= 0.3 is 0 Å². The molecule has 0 amide bonds. The Bertz CT molecular complexity index is 752. The van der Waals surface area contributed by atoms with E-state index in [1.54, 1.807) is 11.3 Å². The van der Waals surface area contributed by atoms with Crippen LogP contribution in [-0.4, -0.2) is 4.98 Å². The molecule has 1 heterocycles. The van der Waals surface area contributed by atoms with E-state index >= 15 is 0 Å².